The van der Waals surface area contributed by atoms with Gasteiger partial charge in [0.1, 0.15) is 0 Å². The second-order valence-corrected chi connectivity index (χ2v) is 9.12. The van der Waals surface area contributed by atoms with Gasteiger partial charge in [-0.25, -0.2) is 9.79 Å². The fourth-order valence-corrected chi connectivity index (χ4v) is 4.26. The van der Waals surface area contributed by atoms with Crippen molar-refractivity contribution in [3.63, 3.8) is 0 Å². The molecule has 4 heteroatoms. The molecule has 0 radical (unpaired) electrons. The predicted molar refractivity (Wildman–Crippen MR) is 141 cm³/mol. The Hall–Kier alpha value is -3.17. The SMILES string of the molecule is CCCCCCCCc1ccc(-c2ccc(C3=N/C(=C\c4cccc(Cl)c4)C(=O)O3)cc2)cc1. The largest absolute Gasteiger partial charge is 0.402 e. The van der Waals surface area contributed by atoms with Crippen molar-refractivity contribution in [1.82, 2.24) is 0 Å². The van der Waals surface area contributed by atoms with Crippen LogP contribution in [0.25, 0.3) is 17.2 Å². The zero-order chi connectivity index (χ0) is 23.8. The van der Waals surface area contributed by atoms with Crippen molar-refractivity contribution in [2.45, 2.75) is 51.9 Å². The summed E-state index contributed by atoms with van der Waals surface area (Å²) in [4.78, 5) is 16.7. The van der Waals surface area contributed by atoms with Gasteiger partial charge in [-0.05, 0) is 65.4 Å². The molecule has 0 atom stereocenters. The van der Waals surface area contributed by atoms with Crippen molar-refractivity contribution in [2.75, 3.05) is 0 Å². The van der Waals surface area contributed by atoms with Crippen LogP contribution in [-0.4, -0.2) is 11.9 Å². The van der Waals surface area contributed by atoms with Gasteiger partial charge in [-0.15, -0.1) is 0 Å². The lowest BCUT2D eigenvalue weighted by Gasteiger charge is -2.06. The highest BCUT2D eigenvalue weighted by molar-refractivity contribution is 6.30. The van der Waals surface area contributed by atoms with Gasteiger partial charge in [0.25, 0.3) is 0 Å². The number of aliphatic imine (C=N–C) groups is 1. The van der Waals surface area contributed by atoms with Gasteiger partial charge in [0, 0.05) is 10.6 Å². The third-order valence-electron chi connectivity index (χ3n) is 6.01. The number of unbranched alkanes of at least 4 members (excludes halogenated alkanes) is 5. The van der Waals surface area contributed by atoms with Crippen LogP contribution in [0.4, 0.5) is 0 Å². The minimum absolute atomic E-state index is 0.266. The van der Waals surface area contributed by atoms with E-state index in [4.69, 9.17) is 16.3 Å². The molecule has 0 bridgehead atoms. The van der Waals surface area contributed by atoms with Gasteiger partial charge in [-0.2, -0.15) is 0 Å². The Bertz CT molecular complexity index is 1180. The summed E-state index contributed by atoms with van der Waals surface area (Å²) in [7, 11) is 0. The van der Waals surface area contributed by atoms with Crippen molar-refractivity contribution >= 4 is 29.5 Å². The molecule has 0 unspecified atom stereocenters. The number of hydrogen-bond acceptors (Lipinski definition) is 3. The Morgan fingerprint density at radius 3 is 2.18 bits per heavy atom. The number of carbonyl (C=O) groups is 1. The maximum Gasteiger partial charge on any atom is 0.363 e. The number of ether oxygens (including phenoxy) is 1. The van der Waals surface area contributed by atoms with Gasteiger partial charge in [0.15, 0.2) is 5.70 Å². The zero-order valence-electron chi connectivity index (χ0n) is 19.6. The van der Waals surface area contributed by atoms with Crippen molar-refractivity contribution in [1.29, 1.82) is 0 Å². The molecule has 34 heavy (non-hydrogen) atoms. The standard InChI is InChI=1S/C30H30ClNO2/c1-2-3-4-5-6-7-9-22-12-14-24(15-13-22)25-16-18-26(19-17-25)29-32-28(30(33)34-29)21-23-10-8-11-27(31)20-23/h8,10-21H,2-7,9H2,1H3/b28-21-. The lowest BCUT2D eigenvalue weighted by Crippen LogP contribution is -2.05. The lowest BCUT2D eigenvalue weighted by atomic mass is 10.00. The molecule has 1 aliphatic heterocycles. The Morgan fingerprint density at radius 1 is 0.824 bits per heavy atom. The lowest BCUT2D eigenvalue weighted by molar-refractivity contribution is -0.129. The second-order valence-electron chi connectivity index (χ2n) is 8.68. The van der Waals surface area contributed by atoms with E-state index in [2.05, 4.69) is 36.2 Å². The van der Waals surface area contributed by atoms with Gasteiger partial charge < -0.3 is 4.74 Å². The number of hydrogen-bond donors (Lipinski definition) is 0. The van der Waals surface area contributed by atoms with E-state index in [0.29, 0.717) is 10.9 Å². The number of cyclic esters (lactones) is 1. The van der Waals surface area contributed by atoms with Crippen LogP contribution >= 0.6 is 11.6 Å². The highest BCUT2D eigenvalue weighted by Crippen LogP contribution is 2.24. The fourth-order valence-electron chi connectivity index (χ4n) is 4.07. The third-order valence-corrected chi connectivity index (χ3v) is 6.25. The first-order chi connectivity index (χ1) is 16.6. The molecule has 4 rings (SSSR count). The van der Waals surface area contributed by atoms with Crippen LogP contribution in [-0.2, 0) is 16.0 Å². The number of carbonyl (C=O) groups excluding carboxylic acids is 1. The molecule has 0 aliphatic carbocycles. The van der Waals surface area contributed by atoms with Crippen molar-refractivity contribution < 1.29 is 9.53 Å². The average molecular weight is 472 g/mol. The van der Waals surface area contributed by atoms with E-state index < -0.39 is 5.97 Å². The van der Waals surface area contributed by atoms with E-state index in [1.54, 1.807) is 18.2 Å². The number of nitrogens with zero attached hydrogens (tertiary/aromatic N) is 1. The van der Waals surface area contributed by atoms with E-state index in [9.17, 15) is 4.79 Å². The zero-order valence-corrected chi connectivity index (χ0v) is 20.4. The summed E-state index contributed by atoms with van der Waals surface area (Å²) in [6, 6.07) is 24.0. The summed E-state index contributed by atoms with van der Waals surface area (Å²) in [5.74, 6) is -0.140. The van der Waals surface area contributed by atoms with Crippen LogP contribution in [0, 0.1) is 0 Å². The number of esters is 1. The summed E-state index contributed by atoms with van der Waals surface area (Å²) < 4.78 is 5.40. The molecule has 0 saturated carbocycles. The Kier molecular flexibility index (Phi) is 8.32. The van der Waals surface area contributed by atoms with Gasteiger partial charge in [0.05, 0.1) is 0 Å². The van der Waals surface area contributed by atoms with Gasteiger partial charge in [-0.1, -0.05) is 99.2 Å². The molecule has 1 aliphatic rings. The first-order valence-corrected chi connectivity index (χ1v) is 12.5. The summed E-state index contributed by atoms with van der Waals surface area (Å²) in [5, 5.41) is 0.607. The van der Waals surface area contributed by atoms with Crippen LogP contribution in [0.5, 0.6) is 0 Å². The van der Waals surface area contributed by atoms with Crippen molar-refractivity contribution in [3.8, 4) is 11.1 Å². The van der Waals surface area contributed by atoms with E-state index in [0.717, 1.165) is 23.1 Å². The van der Waals surface area contributed by atoms with Crippen LogP contribution in [0.2, 0.25) is 5.02 Å². The summed E-state index contributed by atoms with van der Waals surface area (Å²) in [6.07, 6.45) is 10.7. The van der Waals surface area contributed by atoms with Gasteiger partial charge >= 0.3 is 5.97 Å². The minimum atomic E-state index is -0.458. The van der Waals surface area contributed by atoms with Crippen LogP contribution in [0.15, 0.2) is 83.5 Å². The van der Waals surface area contributed by atoms with Crippen LogP contribution < -0.4 is 0 Å². The Labute approximate surface area is 207 Å². The first-order valence-electron chi connectivity index (χ1n) is 12.1. The first kappa shape index (κ1) is 24.0. The maximum atomic E-state index is 12.3. The molecule has 0 amide bonds. The molecule has 0 saturated heterocycles. The van der Waals surface area contributed by atoms with E-state index in [-0.39, 0.29) is 5.70 Å². The minimum Gasteiger partial charge on any atom is -0.402 e. The highest BCUT2D eigenvalue weighted by atomic mass is 35.5. The molecule has 3 aromatic rings. The fraction of sp³-hybridized carbons (Fsp3) is 0.267. The predicted octanol–water partition coefficient (Wildman–Crippen LogP) is 8.25. The summed E-state index contributed by atoms with van der Waals surface area (Å²) >= 11 is 6.03. The summed E-state index contributed by atoms with van der Waals surface area (Å²) in [6.45, 7) is 2.25. The maximum absolute atomic E-state index is 12.3. The van der Waals surface area contributed by atoms with E-state index in [1.807, 2.05) is 36.4 Å². The molecule has 3 aromatic carbocycles. The molecule has 174 valence electrons. The molecule has 0 spiro atoms. The number of benzene rings is 3. The molecule has 0 fully saturated rings. The van der Waals surface area contributed by atoms with E-state index >= 15 is 0 Å². The number of rotatable bonds is 10. The monoisotopic (exact) mass is 471 g/mol. The van der Waals surface area contributed by atoms with Gasteiger partial charge in [-0.3, -0.25) is 0 Å². The third kappa shape index (κ3) is 6.45. The molecule has 3 nitrogen and oxygen atoms in total. The van der Waals surface area contributed by atoms with Crippen LogP contribution in [0.3, 0.4) is 0 Å². The normalized spacial score (nSPS) is 14.4. The van der Waals surface area contributed by atoms with Crippen molar-refractivity contribution in [2.24, 2.45) is 4.99 Å². The second kappa shape index (κ2) is 11.8. The highest BCUT2D eigenvalue weighted by Gasteiger charge is 2.24. The Morgan fingerprint density at radius 2 is 1.47 bits per heavy atom. The van der Waals surface area contributed by atoms with Gasteiger partial charge in [0.2, 0.25) is 5.90 Å². The van der Waals surface area contributed by atoms with Crippen LogP contribution in [0.1, 0.15) is 62.1 Å². The Balaban J connectivity index is 1.38. The number of halogens is 1. The average Bonchev–Trinajstić information content (AvgIpc) is 3.22. The molecule has 1 heterocycles. The molecular formula is C30H30ClNO2. The smallest absolute Gasteiger partial charge is 0.363 e. The van der Waals surface area contributed by atoms with Crippen molar-refractivity contribution in [3.05, 3.63) is 100 Å². The quantitative estimate of drug-likeness (QED) is 0.169. The van der Waals surface area contributed by atoms with E-state index in [1.165, 1.54) is 49.7 Å². The summed E-state index contributed by atoms with van der Waals surface area (Å²) in [5.41, 5.74) is 5.52. The molecule has 0 aromatic heterocycles. The molecule has 0 N–H and O–H groups in total. The topological polar surface area (TPSA) is 38.7 Å². The number of aryl methyl sites for hydroxylation is 1. The molecular weight excluding hydrogens is 442 g/mol.